The molecule has 2 aromatic rings. The van der Waals surface area contributed by atoms with E-state index in [-0.39, 0.29) is 0 Å². The van der Waals surface area contributed by atoms with Crippen LogP contribution in [0.25, 0.3) is 11.1 Å². The van der Waals surface area contributed by atoms with Gasteiger partial charge in [0, 0.05) is 5.56 Å². The second kappa shape index (κ2) is 7.53. The summed E-state index contributed by atoms with van der Waals surface area (Å²) in [6, 6.07) is 15.3. The fraction of sp³-hybridized carbons (Fsp3) is 0.176. The quantitative estimate of drug-likeness (QED) is 0.494. The molecule has 23 heavy (non-hydrogen) atoms. The van der Waals surface area contributed by atoms with Crippen molar-refractivity contribution in [1.29, 1.82) is 0 Å². The Bertz CT molecular complexity index is 669. The predicted octanol–water partition coefficient (Wildman–Crippen LogP) is 1.34. The highest BCUT2D eigenvalue weighted by molar-refractivity contribution is 5.97. The van der Waals surface area contributed by atoms with Gasteiger partial charge in [0.25, 0.3) is 11.8 Å². The van der Waals surface area contributed by atoms with E-state index < -0.39 is 24.0 Å². The number of aliphatic hydroxyl groups excluding tert-OH is 1. The zero-order valence-electron chi connectivity index (χ0n) is 12.6. The lowest BCUT2D eigenvalue weighted by Gasteiger charge is -2.19. The minimum absolute atomic E-state index is 0.348. The molecule has 0 aliphatic rings. The maximum atomic E-state index is 12.1. The first-order valence-corrected chi connectivity index (χ1v) is 7.11. The second-order valence-corrected chi connectivity index (χ2v) is 5.11. The molecule has 0 saturated heterocycles. The van der Waals surface area contributed by atoms with E-state index >= 15 is 0 Å². The van der Waals surface area contributed by atoms with Crippen molar-refractivity contribution in [3.63, 3.8) is 0 Å². The number of hydrogen-bond acceptors (Lipinski definition) is 4. The molecular formula is C17H18N2O4. The molecule has 6 nitrogen and oxygen atoms in total. The third-order valence-corrected chi connectivity index (χ3v) is 3.42. The predicted molar refractivity (Wildman–Crippen MR) is 84.7 cm³/mol. The van der Waals surface area contributed by atoms with Gasteiger partial charge in [-0.3, -0.25) is 14.8 Å². The van der Waals surface area contributed by atoms with Crippen LogP contribution in [-0.2, 0) is 4.79 Å². The third-order valence-electron chi connectivity index (χ3n) is 3.42. The van der Waals surface area contributed by atoms with Crippen LogP contribution >= 0.6 is 0 Å². The maximum Gasteiger partial charge on any atom is 0.268 e. The lowest BCUT2D eigenvalue weighted by molar-refractivity contribution is -0.133. The SMILES string of the molecule is C[C@H](O)[C@H](NC(=O)c1ccc(-c2ccccc2)cc1)C(=O)NO. The van der Waals surface area contributed by atoms with Gasteiger partial charge in [-0.05, 0) is 30.2 Å². The summed E-state index contributed by atoms with van der Waals surface area (Å²) in [4.78, 5) is 23.6. The minimum atomic E-state index is -1.23. The summed E-state index contributed by atoms with van der Waals surface area (Å²) in [6.07, 6.45) is -1.14. The van der Waals surface area contributed by atoms with Gasteiger partial charge in [0.05, 0.1) is 6.10 Å². The smallest absolute Gasteiger partial charge is 0.268 e. The van der Waals surface area contributed by atoms with Gasteiger partial charge in [-0.1, -0.05) is 42.5 Å². The molecule has 4 N–H and O–H groups in total. The summed E-state index contributed by atoms with van der Waals surface area (Å²) in [6.45, 7) is 1.35. The van der Waals surface area contributed by atoms with E-state index in [2.05, 4.69) is 5.32 Å². The molecule has 0 radical (unpaired) electrons. The first-order valence-electron chi connectivity index (χ1n) is 7.11. The Morgan fingerprint density at radius 1 is 0.957 bits per heavy atom. The highest BCUT2D eigenvalue weighted by Crippen LogP contribution is 2.19. The lowest BCUT2D eigenvalue weighted by atomic mass is 10.0. The number of carbonyl (C=O) groups is 2. The minimum Gasteiger partial charge on any atom is -0.391 e. The number of benzene rings is 2. The molecule has 0 fully saturated rings. The van der Waals surface area contributed by atoms with Gasteiger partial charge in [0.15, 0.2) is 0 Å². The van der Waals surface area contributed by atoms with Crippen LogP contribution in [0, 0.1) is 0 Å². The monoisotopic (exact) mass is 314 g/mol. The molecule has 120 valence electrons. The van der Waals surface area contributed by atoms with Crippen molar-refractivity contribution in [3.05, 3.63) is 60.2 Å². The molecule has 0 spiro atoms. The Kier molecular flexibility index (Phi) is 5.46. The summed E-state index contributed by atoms with van der Waals surface area (Å²) in [5.74, 6) is -1.40. The van der Waals surface area contributed by atoms with Crippen molar-refractivity contribution in [3.8, 4) is 11.1 Å². The summed E-state index contributed by atoms with van der Waals surface area (Å²) in [5.41, 5.74) is 3.76. The fourth-order valence-electron chi connectivity index (χ4n) is 2.14. The molecule has 0 saturated carbocycles. The highest BCUT2D eigenvalue weighted by Gasteiger charge is 2.25. The van der Waals surface area contributed by atoms with E-state index in [4.69, 9.17) is 5.21 Å². The van der Waals surface area contributed by atoms with E-state index in [1.54, 1.807) is 24.3 Å². The zero-order chi connectivity index (χ0) is 16.8. The summed E-state index contributed by atoms with van der Waals surface area (Å²) < 4.78 is 0. The van der Waals surface area contributed by atoms with Crippen LogP contribution in [0.3, 0.4) is 0 Å². The molecule has 2 aromatic carbocycles. The summed E-state index contributed by atoms with van der Waals surface area (Å²) in [7, 11) is 0. The molecule has 0 bridgehead atoms. The molecule has 0 aliphatic carbocycles. The Balaban J connectivity index is 2.12. The molecular weight excluding hydrogens is 296 g/mol. The largest absolute Gasteiger partial charge is 0.391 e. The number of carbonyl (C=O) groups excluding carboxylic acids is 2. The first kappa shape index (κ1) is 16.7. The maximum absolute atomic E-state index is 12.1. The molecule has 0 heterocycles. The van der Waals surface area contributed by atoms with Crippen molar-refractivity contribution in [2.45, 2.75) is 19.1 Å². The summed E-state index contributed by atoms with van der Waals surface area (Å²) >= 11 is 0. The third kappa shape index (κ3) is 4.15. The average Bonchev–Trinajstić information content (AvgIpc) is 2.59. The molecule has 0 aliphatic heterocycles. The zero-order valence-corrected chi connectivity index (χ0v) is 12.6. The van der Waals surface area contributed by atoms with Crippen LogP contribution in [0.2, 0.25) is 0 Å². The number of hydroxylamine groups is 1. The Hall–Kier alpha value is -2.70. The van der Waals surface area contributed by atoms with Crippen molar-refractivity contribution in [2.24, 2.45) is 0 Å². The van der Waals surface area contributed by atoms with Gasteiger partial charge >= 0.3 is 0 Å². The number of nitrogens with one attached hydrogen (secondary N) is 2. The van der Waals surface area contributed by atoms with Gasteiger partial charge in [-0.25, -0.2) is 5.48 Å². The fourth-order valence-corrected chi connectivity index (χ4v) is 2.14. The topological polar surface area (TPSA) is 98.7 Å². The van der Waals surface area contributed by atoms with Gasteiger partial charge in [-0.15, -0.1) is 0 Å². The van der Waals surface area contributed by atoms with Crippen molar-refractivity contribution >= 4 is 11.8 Å². The van der Waals surface area contributed by atoms with Crippen molar-refractivity contribution in [2.75, 3.05) is 0 Å². The van der Waals surface area contributed by atoms with E-state index in [0.717, 1.165) is 11.1 Å². The lowest BCUT2D eigenvalue weighted by Crippen LogP contribution is -2.51. The van der Waals surface area contributed by atoms with Gasteiger partial charge in [-0.2, -0.15) is 0 Å². The molecule has 6 heteroatoms. The van der Waals surface area contributed by atoms with Crippen LogP contribution < -0.4 is 10.8 Å². The van der Waals surface area contributed by atoms with Crippen LogP contribution in [0.4, 0.5) is 0 Å². The molecule has 2 rings (SSSR count). The standard InChI is InChI=1S/C17H18N2O4/c1-11(20)15(17(22)19-23)18-16(21)14-9-7-13(8-10-14)12-5-3-2-4-6-12/h2-11,15,20,23H,1H3,(H,18,21)(H,19,22)/t11-,15-/m0/s1. The number of aliphatic hydroxyl groups is 1. The van der Waals surface area contributed by atoms with Gasteiger partial charge in [0.1, 0.15) is 6.04 Å². The van der Waals surface area contributed by atoms with Crippen molar-refractivity contribution in [1.82, 2.24) is 10.8 Å². The van der Waals surface area contributed by atoms with Crippen LogP contribution in [0.15, 0.2) is 54.6 Å². The molecule has 0 aromatic heterocycles. The van der Waals surface area contributed by atoms with Crippen LogP contribution in [-0.4, -0.2) is 34.3 Å². The first-order chi connectivity index (χ1) is 11.0. The van der Waals surface area contributed by atoms with Crippen LogP contribution in [0.1, 0.15) is 17.3 Å². The number of amides is 2. The molecule has 2 amide bonds. The van der Waals surface area contributed by atoms with E-state index in [0.29, 0.717) is 5.56 Å². The summed E-state index contributed by atoms with van der Waals surface area (Å²) in [5, 5.41) is 20.5. The Morgan fingerprint density at radius 2 is 1.52 bits per heavy atom. The molecule has 0 unspecified atom stereocenters. The molecule has 2 atom stereocenters. The normalized spacial score (nSPS) is 13.0. The Labute approximate surface area is 133 Å². The second-order valence-electron chi connectivity index (χ2n) is 5.11. The van der Waals surface area contributed by atoms with E-state index in [1.165, 1.54) is 12.4 Å². The van der Waals surface area contributed by atoms with Crippen LogP contribution in [0.5, 0.6) is 0 Å². The number of rotatable bonds is 5. The van der Waals surface area contributed by atoms with E-state index in [1.807, 2.05) is 30.3 Å². The number of hydrogen-bond donors (Lipinski definition) is 4. The van der Waals surface area contributed by atoms with Gasteiger partial charge < -0.3 is 10.4 Å². The average molecular weight is 314 g/mol. The highest BCUT2D eigenvalue weighted by atomic mass is 16.5. The Morgan fingerprint density at radius 3 is 2.04 bits per heavy atom. The van der Waals surface area contributed by atoms with E-state index in [9.17, 15) is 14.7 Å². The van der Waals surface area contributed by atoms with Crippen molar-refractivity contribution < 1.29 is 19.9 Å². The van der Waals surface area contributed by atoms with Gasteiger partial charge in [0.2, 0.25) is 0 Å².